The Balaban J connectivity index is 2.23. The van der Waals surface area contributed by atoms with Crippen molar-refractivity contribution in [2.45, 2.75) is 33.2 Å². The molecule has 0 bridgehead atoms. The lowest BCUT2D eigenvalue weighted by atomic mass is 9.84. The number of rotatable bonds is 4. The molecule has 1 atom stereocenters. The number of hydrogen-bond donors (Lipinski definition) is 2. The molecule has 2 aromatic rings. The average molecular weight is 275 g/mol. The first-order valence-electron chi connectivity index (χ1n) is 6.72. The minimum atomic E-state index is -0.138. The molecule has 1 amide bonds. The number of hydrogen-bond acceptors (Lipinski definition) is 4. The number of carbonyl (C=O) groups is 1. The van der Waals surface area contributed by atoms with Crippen LogP contribution in [0.2, 0.25) is 0 Å². The fourth-order valence-corrected chi connectivity index (χ4v) is 2.13. The van der Waals surface area contributed by atoms with Crippen molar-refractivity contribution in [1.29, 1.82) is 0 Å². The molecule has 2 aromatic heterocycles. The maximum atomic E-state index is 12.4. The fraction of sp³-hybridized carbons (Fsp3) is 0.500. The van der Waals surface area contributed by atoms with Gasteiger partial charge in [0.2, 0.25) is 0 Å². The summed E-state index contributed by atoms with van der Waals surface area (Å²) in [6.45, 7) is 6.81. The van der Waals surface area contributed by atoms with Gasteiger partial charge in [-0.25, -0.2) is 4.52 Å². The summed E-state index contributed by atoms with van der Waals surface area (Å²) in [6.07, 6.45) is 7.29. The summed E-state index contributed by atoms with van der Waals surface area (Å²) in [5.41, 5.74) is 6.82. The summed E-state index contributed by atoms with van der Waals surface area (Å²) in [6, 6.07) is 0.0200. The van der Waals surface area contributed by atoms with E-state index in [1.165, 1.54) is 0 Å². The first-order valence-corrected chi connectivity index (χ1v) is 6.72. The largest absolute Gasteiger partial charge is 0.349 e. The van der Waals surface area contributed by atoms with E-state index in [0.29, 0.717) is 17.6 Å². The molecule has 0 aliphatic carbocycles. The number of aromatic nitrogens is 3. The van der Waals surface area contributed by atoms with Crippen LogP contribution in [0.1, 0.15) is 37.6 Å². The Morgan fingerprint density at radius 1 is 1.45 bits per heavy atom. The Morgan fingerprint density at radius 2 is 2.20 bits per heavy atom. The van der Waals surface area contributed by atoms with Crippen molar-refractivity contribution in [2.24, 2.45) is 11.1 Å². The van der Waals surface area contributed by atoms with Crippen molar-refractivity contribution in [1.82, 2.24) is 19.9 Å². The van der Waals surface area contributed by atoms with Crippen LogP contribution in [0.4, 0.5) is 0 Å². The van der Waals surface area contributed by atoms with Crippen molar-refractivity contribution < 1.29 is 4.79 Å². The zero-order valence-corrected chi connectivity index (χ0v) is 12.1. The molecule has 6 heteroatoms. The topological polar surface area (TPSA) is 85.3 Å². The Bertz CT molecular complexity index is 599. The lowest BCUT2D eigenvalue weighted by Crippen LogP contribution is -2.44. The van der Waals surface area contributed by atoms with Crippen LogP contribution < -0.4 is 11.1 Å². The summed E-state index contributed by atoms with van der Waals surface area (Å²) >= 11 is 0. The second kappa shape index (κ2) is 5.58. The van der Waals surface area contributed by atoms with Gasteiger partial charge in [0.05, 0.1) is 23.5 Å². The fourth-order valence-electron chi connectivity index (χ4n) is 2.13. The van der Waals surface area contributed by atoms with E-state index in [1.54, 1.807) is 29.3 Å². The molecule has 20 heavy (non-hydrogen) atoms. The molecular weight excluding hydrogens is 254 g/mol. The molecule has 3 N–H and O–H groups in total. The van der Waals surface area contributed by atoms with Crippen LogP contribution in [0.15, 0.2) is 24.8 Å². The van der Waals surface area contributed by atoms with Gasteiger partial charge in [0, 0.05) is 18.4 Å². The second-order valence-corrected chi connectivity index (χ2v) is 5.93. The summed E-state index contributed by atoms with van der Waals surface area (Å²) < 4.78 is 1.64. The van der Waals surface area contributed by atoms with Gasteiger partial charge in [-0.2, -0.15) is 5.10 Å². The highest BCUT2D eigenvalue weighted by Gasteiger charge is 2.26. The third-order valence-electron chi connectivity index (χ3n) is 3.38. The van der Waals surface area contributed by atoms with E-state index in [4.69, 9.17) is 5.73 Å². The van der Waals surface area contributed by atoms with Crippen molar-refractivity contribution in [3.63, 3.8) is 0 Å². The molecule has 108 valence electrons. The quantitative estimate of drug-likeness (QED) is 0.878. The molecule has 0 saturated heterocycles. The molecule has 0 radical (unpaired) electrons. The SMILES string of the molecule is CC(C)(C)C(CCN)NC(=O)c1cnn2ccncc12. The molecule has 0 saturated carbocycles. The maximum Gasteiger partial charge on any atom is 0.255 e. The van der Waals surface area contributed by atoms with Crippen LogP contribution in [-0.4, -0.2) is 33.1 Å². The zero-order valence-electron chi connectivity index (χ0n) is 12.1. The number of nitrogens with two attached hydrogens (primary N) is 1. The zero-order chi connectivity index (χ0) is 14.8. The molecular formula is C14H21N5O. The van der Waals surface area contributed by atoms with Gasteiger partial charge < -0.3 is 11.1 Å². The van der Waals surface area contributed by atoms with E-state index in [1.807, 2.05) is 0 Å². The minimum absolute atomic E-state index is 0.0200. The Hall–Kier alpha value is -1.95. The number of carbonyl (C=O) groups excluding carboxylic acids is 1. The van der Waals surface area contributed by atoms with Crippen molar-refractivity contribution >= 4 is 11.4 Å². The van der Waals surface area contributed by atoms with Gasteiger partial charge >= 0.3 is 0 Å². The predicted molar refractivity (Wildman–Crippen MR) is 77.4 cm³/mol. The monoisotopic (exact) mass is 275 g/mol. The number of nitrogens with zero attached hydrogens (tertiary/aromatic N) is 3. The van der Waals surface area contributed by atoms with Gasteiger partial charge in [-0.15, -0.1) is 0 Å². The van der Waals surface area contributed by atoms with Gasteiger partial charge in [-0.1, -0.05) is 20.8 Å². The highest BCUT2D eigenvalue weighted by atomic mass is 16.1. The third-order valence-corrected chi connectivity index (χ3v) is 3.38. The lowest BCUT2D eigenvalue weighted by molar-refractivity contribution is 0.0900. The smallest absolute Gasteiger partial charge is 0.255 e. The van der Waals surface area contributed by atoms with Crippen LogP contribution >= 0.6 is 0 Å². The standard InChI is InChI=1S/C14H21N5O/c1-14(2,3)12(4-5-15)18-13(20)10-8-17-19-7-6-16-9-11(10)19/h6-9,12H,4-5,15H2,1-3H3,(H,18,20). The van der Waals surface area contributed by atoms with E-state index in [0.717, 1.165) is 6.42 Å². The van der Waals surface area contributed by atoms with E-state index < -0.39 is 0 Å². The summed E-state index contributed by atoms with van der Waals surface area (Å²) in [5.74, 6) is -0.138. The first kappa shape index (κ1) is 14.5. The summed E-state index contributed by atoms with van der Waals surface area (Å²) in [5, 5.41) is 7.20. The molecule has 6 nitrogen and oxygen atoms in total. The van der Waals surface area contributed by atoms with Crippen molar-refractivity contribution in [3.8, 4) is 0 Å². The summed E-state index contributed by atoms with van der Waals surface area (Å²) in [4.78, 5) is 16.5. The molecule has 0 aromatic carbocycles. The number of amides is 1. The van der Waals surface area contributed by atoms with E-state index >= 15 is 0 Å². The molecule has 2 heterocycles. The third kappa shape index (κ3) is 2.96. The molecule has 0 spiro atoms. The van der Waals surface area contributed by atoms with Crippen LogP contribution in [0.3, 0.4) is 0 Å². The Labute approximate surface area is 118 Å². The molecule has 1 unspecified atom stereocenters. The average Bonchev–Trinajstić information content (AvgIpc) is 2.81. The minimum Gasteiger partial charge on any atom is -0.349 e. The van der Waals surface area contributed by atoms with E-state index in [2.05, 4.69) is 36.2 Å². The van der Waals surface area contributed by atoms with Crippen LogP contribution in [0.25, 0.3) is 5.52 Å². The molecule has 2 rings (SSSR count). The van der Waals surface area contributed by atoms with Gasteiger partial charge in [0.15, 0.2) is 0 Å². The maximum absolute atomic E-state index is 12.4. The predicted octanol–water partition coefficient (Wildman–Crippen LogP) is 1.22. The van der Waals surface area contributed by atoms with E-state index in [9.17, 15) is 4.79 Å². The second-order valence-electron chi connectivity index (χ2n) is 5.93. The van der Waals surface area contributed by atoms with Crippen molar-refractivity contribution in [3.05, 3.63) is 30.4 Å². The first-order chi connectivity index (χ1) is 9.43. The van der Waals surface area contributed by atoms with Gasteiger partial charge in [-0.05, 0) is 18.4 Å². The molecule has 0 fully saturated rings. The Kier molecular flexibility index (Phi) is 4.04. The molecule has 0 aliphatic rings. The van der Waals surface area contributed by atoms with Crippen molar-refractivity contribution in [2.75, 3.05) is 6.54 Å². The highest BCUT2D eigenvalue weighted by Crippen LogP contribution is 2.22. The van der Waals surface area contributed by atoms with Crippen LogP contribution in [-0.2, 0) is 0 Å². The van der Waals surface area contributed by atoms with Gasteiger partial charge in [0.1, 0.15) is 0 Å². The highest BCUT2D eigenvalue weighted by molar-refractivity contribution is 6.00. The van der Waals surface area contributed by atoms with E-state index in [-0.39, 0.29) is 17.4 Å². The van der Waals surface area contributed by atoms with Crippen LogP contribution in [0, 0.1) is 5.41 Å². The number of nitrogens with one attached hydrogen (secondary N) is 1. The van der Waals surface area contributed by atoms with Gasteiger partial charge in [0.25, 0.3) is 5.91 Å². The van der Waals surface area contributed by atoms with Crippen LogP contribution in [0.5, 0.6) is 0 Å². The molecule has 0 aliphatic heterocycles. The number of fused-ring (bicyclic) bond motifs is 1. The summed E-state index contributed by atoms with van der Waals surface area (Å²) in [7, 11) is 0. The lowest BCUT2D eigenvalue weighted by Gasteiger charge is -2.31. The Morgan fingerprint density at radius 3 is 2.85 bits per heavy atom. The normalized spacial score (nSPS) is 13.4. The van der Waals surface area contributed by atoms with Gasteiger partial charge in [-0.3, -0.25) is 9.78 Å².